The first-order chi connectivity index (χ1) is 7.91. The Labute approximate surface area is 102 Å². The molecule has 0 aromatic rings. The zero-order valence-corrected chi connectivity index (χ0v) is 11.0. The van der Waals surface area contributed by atoms with Crippen LogP contribution in [0.15, 0.2) is 37.0 Å². The third kappa shape index (κ3) is 13.2. The van der Waals surface area contributed by atoms with Crippen molar-refractivity contribution in [3.8, 4) is 0 Å². The molecular weight excluding hydrogens is 192 g/mol. The Morgan fingerprint density at radius 1 is 0.750 bits per heavy atom. The lowest BCUT2D eigenvalue weighted by atomic mass is 10.1. The van der Waals surface area contributed by atoms with Gasteiger partial charge in [0.15, 0.2) is 0 Å². The van der Waals surface area contributed by atoms with Crippen LogP contribution in [-0.2, 0) is 0 Å². The van der Waals surface area contributed by atoms with E-state index >= 15 is 0 Å². The molecule has 0 spiro atoms. The number of hydrogen-bond acceptors (Lipinski definition) is 0. The van der Waals surface area contributed by atoms with Crippen molar-refractivity contribution in [3.05, 3.63) is 37.0 Å². The highest BCUT2D eigenvalue weighted by Crippen LogP contribution is 2.03. The Bertz CT molecular complexity index is 186. The average Bonchev–Trinajstić information content (AvgIpc) is 2.31. The monoisotopic (exact) mass is 220 g/mol. The lowest BCUT2D eigenvalue weighted by Gasteiger charge is -1.92. The van der Waals surface area contributed by atoms with Crippen molar-refractivity contribution in [1.29, 1.82) is 0 Å². The average molecular weight is 220 g/mol. The van der Waals surface area contributed by atoms with Gasteiger partial charge >= 0.3 is 0 Å². The van der Waals surface area contributed by atoms with Gasteiger partial charge in [-0.15, -0.1) is 6.58 Å². The van der Waals surface area contributed by atoms with Gasteiger partial charge < -0.3 is 0 Å². The minimum Gasteiger partial charge on any atom is -0.103 e. The van der Waals surface area contributed by atoms with Crippen LogP contribution in [0.25, 0.3) is 0 Å². The van der Waals surface area contributed by atoms with Crippen molar-refractivity contribution in [1.82, 2.24) is 0 Å². The number of allylic oxidation sites excluding steroid dienone is 5. The molecule has 0 saturated carbocycles. The fourth-order valence-electron chi connectivity index (χ4n) is 1.57. The zero-order chi connectivity index (χ0) is 11.9. The van der Waals surface area contributed by atoms with E-state index in [1.165, 1.54) is 44.9 Å². The molecule has 16 heavy (non-hydrogen) atoms. The molecule has 0 aliphatic rings. The molecule has 0 aromatic carbocycles. The summed E-state index contributed by atoms with van der Waals surface area (Å²) in [4.78, 5) is 0. The Morgan fingerprint density at radius 3 is 1.88 bits per heavy atom. The van der Waals surface area contributed by atoms with Crippen LogP contribution in [0.4, 0.5) is 0 Å². The molecule has 0 amide bonds. The van der Waals surface area contributed by atoms with Crippen LogP contribution in [0.2, 0.25) is 0 Å². The topological polar surface area (TPSA) is 0 Å². The Hall–Kier alpha value is -0.780. The molecule has 0 bridgehead atoms. The quantitative estimate of drug-likeness (QED) is 0.304. The van der Waals surface area contributed by atoms with E-state index in [9.17, 15) is 0 Å². The van der Waals surface area contributed by atoms with Crippen LogP contribution >= 0.6 is 0 Å². The normalized spacial score (nSPS) is 11.6. The van der Waals surface area contributed by atoms with Crippen molar-refractivity contribution in [2.75, 3.05) is 0 Å². The largest absolute Gasteiger partial charge is 0.103 e. The molecule has 0 aliphatic carbocycles. The predicted molar refractivity (Wildman–Crippen MR) is 75.7 cm³/mol. The fraction of sp³-hybridized carbons (Fsp3) is 0.625. The molecule has 0 heteroatoms. The third-order valence-electron chi connectivity index (χ3n) is 2.61. The van der Waals surface area contributed by atoms with Crippen LogP contribution in [0.3, 0.4) is 0 Å². The van der Waals surface area contributed by atoms with Gasteiger partial charge in [-0.25, -0.2) is 0 Å². The van der Waals surface area contributed by atoms with E-state index in [2.05, 4.69) is 37.8 Å². The van der Waals surface area contributed by atoms with Crippen molar-refractivity contribution >= 4 is 0 Å². The van der Waals surface area contributed by atoms with Gasteiger partial charge in [0, 0.05) is 0 Å². The maximum Gasteiger partial charge on any atom is -0.0169 e. The number of unbranched alkanes of at least 4 members (excludes halogenated alkanes) is 6. The van der Waals surface area contributed by atoms with Crippen molar-refractivity contribution < 1.29 is 0 Å². The standard InChI is InChI=1S/C16H28/c1-3-5-7-9-11-13-15-16-14-12-10-8-6-4-2/h3,12-15H,1,4-11,16H2,2H3. The molecule has 0 unspecified atom stereocenters. The van der Waals surface area contributed by atoms with Gasteiger partial charge in [0.1, 0.15) is 0 Å². The van der Waals surface area contributed by atoms with E-state index in [0.717, 1.165) is 12.8 Å². The summed E-state index contributed by atoms with van der Waals surface area (Å²) >= 11 is 0. The molecule has 0 radical (unpaired) electrons. The third-order valence-corrected chi connectivity index (χ3v) is 2.61. The summed E-state index contributed by atoms with van der Waals surface area (Å²) < 4.78 is 0. The summed E-state index contributed by atoms with van der Waals surface area (Å²) in [5.41, 5.74) is 0. The zero-order valence-electron chi connectivity index (χ0n) is 11.0. The first-order valence-corrected chi connectivity index (χ1v) is 6.82. The molecule has 0 fully saturated rings. The van der Waals surface area contributed by atoms with E-state index in [-0.39, 0.29) is 0 Å². The summed E-state index contributed by atoms with van der Waals surface area (Å²) in [7, 11) is 0. The lowest BCUT2D eigenvalue weighted by molar-refractivity contribution is 0.728. The Balaban J connectivity index is 3.16. The molecule has 92 valence electrons. The van der Waals surface area contributed by atoms with Crippen LogP contribution in [0.5, 0.6) is 0 Å². The number of rotatable bonds is 11. The van der Waals surface area contributed by atoms with Gasteiger partial charge in [0.05, 0.1) is 0 Å². The van der Waals surface area contributed by atoms with Crippen LogP contribution < -0.4 is 0 Å². The maximum atomic E-state index is 3.72. The van der Waals surface area contributed by atoms with Gasteiger partial charge in [-0.2, -0.15) is 0 Å². The summed E-state index contributed by atoms with van der Waals surface area (Å²) in [6.45, 7) is 5.97. The van der Waals surface area contributed by atoms with E-state index in [1.807, 2.05) is 6.08 Å². The van der Waals surface area contributed by atoms with Crippen molar-refractivity contribution in [3.63, 3.8) is 0 Å². The van der Waals surface area contributed by atoms with Crippen LogP contribution in [0, 0.1) is 0 Å². The highest BCUT2D eigenvalue weighted by molar-refractivity contribution is 4.92. The SMILES string of the molecule is C=CCCCCC=CCC=CCCCCC. The van der Waals surface area contributed by atoms with Crippen LogP contribution in [-0.4, -0.2) is 0 Å². The van der Waals surface area contributed by atoms with E-state index in [0.29, 0.717) is 0 Å². The lowest BCUT2D eigenvalue weighted by Crippen LogP contribution is -1.72. The molecule has 0 N–H and O–H groups in total. The smallest absolute Gasteiger partial charge is 0.0169 e. The Kier molecular flexibility index (Phi) is 13.5. The van der Waals surface area contributed by atoms with E-state index in [1.54, 1.807) is 0 Å². The van der Waals surface area contributed by atoms with Gasteiger partial charge in [-0.1, -0.05) is 50.1 Å². The molecule has 0 aromatic heterocycles. The van der Waals surface area contributed by atoms with Gasteiger partial charge in [-0.05, 0) is 44.9 Å². The molecule has 0 nitrogen and oxygen atoms in total. The maximum absolute atomic E-state index is 3.72. The molecule has 0 atom stereocenters. The second kappa shape index (κ2) is 14.2. The number of hydrogen-bond donors (Lipinski definition) is 0. The predicted octanol–water partition coefficient (Wildman–Crippen LogP) is 5.82. The molecule has 0 heterocycles. The molecule has 0 rings (SSSR count). The minimum atomic E-state index is 1.10. The second-order valence-corrected chi connectivity index (χ2v) is 4.25. The summed E-state index contributed by atoms with van der Waals surface area (Å²) in [5, 5.41) is 0. The first kappa shape index (κ1) is 15.2. The van der Waals surface area contributed by atoms with E-state index in [4.69, 9.17) is 0 Å². The van der Waals surface area contributed by atoms with Crippen molar-refractivity contribution in [2.45, 2.75) is 64.7 Å². The highest BCUT2D eigenvalue weighted by Gasteiger charge is 1.82. The highest BCUT2D eigenvalue weighted by atomic mass is 13.9. The van der Waals surface area contributed by atoms with Crippen LogP contribution in [0.1, 0.15) is 64.7 Å². The van der Waals surface area contributed by atoms with Crippen molar-refractivity contribution in [2.24, 2.45) is 0 Å². The summed E-state index contributed by atoms with van der Waals surface area (Å²) in [6.07, 6.45) is 22.5. The fourth-order valence-corrected chi connectivity index (χ4v) is 1.57. The molecular formula is C16H28. The van der Waals surface area contributed by atoms with Gasteiger partial charge in [0.2, 0.25) is 0 Å². The first-order valence-electron chi connectivity index (χ1n) is 6.82. The van der Waals surface area contributed by atoms with E-state index < -0.39 is 0 Å². The summed E-state index contributed by atoms with van der Waals surface area (Å²) in [5.74, 6) is 0. The second-order valence-electron chi connectivity index (χ2n) is 4.25. The van der Waals surface area contributed by atoms with Gasteiger partial charge in [-0.3, -0.25) is 0 Å². The Morgan fingerprint density at radius 2 is 1.31 bits per heavy atom. The molecule has 0 aliphatic heterocycles. The molecule has 0 saturated heterocycles. The van der Waals surface area contributed by atoms with Gasteiger partial charge in [0.25, 0.3) is 0 Å². The summed E-state index contributed by atoms with van der Waals surface area (Å²) in [6, 6.07) is 0. The minimum absolute atomic E-state index is 1.10.